The van der Waals surface area contributed by atoms with Gasteiger partial charge in [0.05, 0.1) is 17.0 Å². The summed E-state index contributed by atoms with van der Waals surface area (Å²) < 4.78 is 0. The quantitative estimate of drug-likeness (QED) is 0.520. The van der Waals surface area contributed by atoms with Crippen LogP contribution in [0.3, 0.4) is 0 Å². The number of aliphatic hydroxyl groups is 1. The molecule has 0 spiro atoms. The number of allylic oxidation sites excluding steroid dienone is 2. The van der Waals surface area contributed by atoms with Gasteiger partial charge in [-0.3, -0.25) is 9.79 Å². The van der Waals surface area contributed by atoms with E-state index in [0.29, 0.717) is 24.8 Å². The van der Waals surface area contributed by atoms with Gasteiger partial charge in [0.2, 0.25) is 0 Å². The van der Waals surface area contributed by atoms with Crippen LogP contribution >= 0.6 is 0 Å². The van der Waals surface area contributed by atoms with Crippen LogP contribution in [0.15, 0.2) is 58.8 Å². The van der Waals surface area contributed by atoms with Gasteiger partial charge < -0.3 is 5.11 Å². The molecular weight excluding hydrogens is 322 g/mol. The first-order valence-electron chi connectivity index (χ1n) is 9.42. The number of hydrogen-bond acceptors (Lipinski definition) is 3. The predicted molar refractivity (Wildman–Crippen MR) is 108 cm³/mol. The standard InChI is InChI=1S/C23H27NO2/c1-4-5-13-20(25)22-19(14-23(2,3)15-21(22)26)24-18-12-8-10-16-9-6-7-11-17(16)18/h6-12,25H,4-5,13-15H2,1-3H3. The smallest absolute Gasteiger partial charge is 0.168 e. The Morgan fingerprint density at radius 2 is 1.85 bits per heavy atom. The lowest BCUT2D eigenvalue weighted by Gasteiger charge is -2.31. The summed E-state index contributed by atoms with van der Waals surface area (Å²) in [6.07, 6.45) is 3.52. The fourth-order valence-electron chi connectivity index (χ4n) is 3.63. The van der Waals surface area contributed by atoms with E-state index in [4.69, 9.17) is 4.99 Å². The van der Waals surface area contributed by atoms with Crippen LogP contribution in [0.2, 0.25) is 0 Å². The first-order valence-corrected chi connectivity index (χ1v) is 9.42. The number of unbranched alkanes of at least 4 members (excludes halogenated alkanes) is 1. The number of carbonyl (C=O) groups is 1. The van der Waals surface area contributed by atoms with Gasteiger partial charge in [0, 0.05) is 18.2 Å². The molecule has 1 N–H and O–H groups in total. The highest BCUT2D eigenvalue weighted by molar-refractivity contribution is 6.25. The van der Waals surface area contributed by atoms with Gasteiger partial charge in [0.1, 0.15) is 5.76 Å². The number of carbonyl (C=O) groups excluding carboxylic acids is 1. The molecule has 0 radical (unpaired) electrons. The third-order valence-corrected chi connectivity index (χ3v) is 4.93. The molecule has 0 unspecified atom stereocenters. The van der Waals surface area contributed by atoms with E-state index in [1.807, 2.05) is 30.3 Å². The van der Waals surface area contributed by atoms with Crippen LogP contribution in [0.5, 0.6) is 0 Å². The average molecular weight is 349 g/mol. The molecule has 3 rings (SSSR count). The van der Waals surface area contributed by atoms with E-state index in [-0.39, 0.29) is 17.0 Å². The summed E-state index contributed by atoms with van der Waals surface area (Å²) in [6.45, 7) is 6.25. The van der Waals surface area contributed by atoms with E-state index in [1.54, 1.807) is 0 Å². The van der Waals surface area contributed by atoms with Crippen molar-refractivity contribution in [2.75, 3.05) is 0 Å². The van der Waals surface area contributed by atoms with Crippen LogP contribution in [0, 0.1) is 5.41 Å². The summed E-state index contributed by atoms with van der Waals surface area (Å²) in [5, 5.41) is 12.8. The van der Waals surface area contributed by atoms with E-state index in [2.05, 4.69) is 32.9 Å². The van der Waals surface area contributed by atoms with E-state index in [0.717, 1.165) is 35.0 Å². The molecule has 0 heterocycles. The Morgan fingerprint density at radius 3 is 2.62 bits per heavy atom. The second kappa shape index (κ2) is 7.45. The maximum atomic E-state index is 12.8. The number of aliphatic imine (C=N–C) groups is 1. The van der Waals surface area contributed by atoms with E-state index in [1.165, 1.54) is 0 Å². The number of hydrogen-bond donors (Lipinski definition) is 1. The van der Waals surface area contributed by atoms with Gasteiger partial charge in [-0.05, 0) is 29.7 Å². The minimum Gasteiger partial charge on any atom is -0.511 e. The Hall–Kier alpha value is -2.42. The molecule has 0 saturated heterocycles. The third kappa shape index (κ3) is 3.87. The number of aliphatic hydroxyl groups excluding tert-OH is 1. The van der Waals surface area contributed by atoms with Crippen LogP contribution in [0.25, 0.3) is 10.8 Å². The number of nitrogens with zero attached hydrogens (tertiary/aromatic N) is 1. The molecule has 0 amide bonds. The Bertz CT molecular complexity index is 885. The molecule has 2 aromatic rings. The molecule has 1 aliphatic carbocycles. The zero-order valence-electron chi connectivity index (χ0n) is 15.9. The van der Waals surface area contributed by atoms with E-state index in [9.17, 15) is 9.90 Å². The van der Waals surface area contributed by atoms with Gasteiger partial charge in [-0.15, -0.1) is 0 Å². The summed E-state index contributed by atoms with van der Waals surface area (Å²) in [5.74, 6) is 0.208. The Labute approximate surface area is 155 Å². The Morgan fingerprint density at radius 1 is 1.12 bits per heavy atom. The monoisotopic (exact) mass is 349 g/mol. The lowest BCUT2D eigenvalue weighted by molar-refractivity contribution is -0.117. The molecule has 3 heteroatoms. The van der Waals surface area contributed by atoms with Gasteiger partial charge >= 0.3 is 0 Å². The minimum atomic E-state index is -0.144. The van der Waals surface area contributed by atoms with Crippen molar-refractivity contribution < 1.29 is 9.90 Å². The molecule has 0 aliphatic heterocycles. The Balaban J connectivity index is 2.13. The van der Waals surface area contributed by atoms with Crippen molar-refractivity contribution in [1.29, 1.82) is 0 Å². The molecule has 136 valence electrons. The fraction of sp³-hybridized carbons (Fsp3) is 0.391. The van der Waals surface area contributed by atoms with Crippen molar-refractivity contribution in [2.24, 2.45) is 10.4 Å². The number of ketones is 1. The van der Waals surface area contributed by atoms with Crippen molar-refractivity contribution in [3.8, 4) is 0 Å². The lowest BCUT2D eigenvalue weighted by atomic mass is 9.73. The zero-order valence-corrected chi connectivity index (χ0v) is 15.9. The van der Waals surface area contributed by atoms with E-state index >= 15 is 0 Å². The van der Waals surface area contributed by atoms with Crippen molar-refractivity contribution >= 4 is 28.0 Å². The highest BCUT2D eigenvalue weighted by Crippen LogP contribution is 2.37. The molecule has 3 nitrogen and oxygen atoms in total. The van der Waals surface area contributed by atoms with Crippen LogP contribution in [-0.4, -0.2) is 16.6 Å². The van der Waals surface area contributed by atoms with Crippen LogP contribution < -0.4 is 0 Å². The second-order valence-electron chi connectivity index (χ2n) is 7.92. The summed E-state index contributed by atoms with van der Waals surface area (Å²) in [7, 11) is 0. The molecule has 26 heavy (non-hydrogen) atoms. The number of benzene rings is 2. The zero-order chi connectivity index (χ0) is 18.7. The summed E-state index contributed by atoms with van der Waals surface area (Å²) in [5.41, 5.74) is 1.88. The van der Waals surface area contributed by atoms with Crippen molar-refractivity contribution in [1.82, 2.24) is 0 Å². The molecule has 0 atom stereocenters. The summed E-state index contributed by atoms with van der Waals surface area (Å²) >= 11 is 0. The maximum Gasteiger partial charge on any atom is 0.168 e. The topological polar surface area (TPSA) is 49.7 Å². The predicted octanol–water partition coefficient (Wildman–Crippen LogP) is 6.30. The molecule has 0 bridgehead atoms. The van der Waals surface area contributed by atoms with Crippen molar-refractivity contribution in [3.05, 3.63) is 53.8 Å². The maximum absolute atomic E-state index is 12.8. The third-order valence-electron chi connectivity index (χ3n) is 4.93. The summed E-state index contributed by atoms with van der Waals surface area (Å²) in [4.78, 5) is 17.7. The van der Waals surface area contributed by atoms with Crippen molar-refractivity contribution in [3.63, 3.8) is 0 Å². The fourth-order valence-corrected chi connectivity index (χ4v) is 3.63. The van der Waals surface area contributed by atoms with E-state index < -0.39 is 0 Å². The van der Waals surface area contributed by atoms with Crippen LogP contribution in [0.4, 0.5) is 5.69 Å². The normalized spacial score (nSPS) is 20.6. The molecule has 1 saturated carbocycles. The van der Waals surface area contributed by atoms with Crippen molar-refractivity contribution in [2.45, 2.75) is 52.9 Å². The van der Waals surface area contributed by atoms with Crippen LogP contribution in [0.1, 0.15) is 52.9 Å². The SMILES string of the molecule is CCCCC(O)=C1C(=O)CC(C)(C)CC1=Nc1cccc2ccccc12. The molecule has 2 aromatic carbocycles. The number of fused-ring (bicyclic) bond motifs is 1. The average Bonchev–Trinajstić information content (AvgIpc) is 2.59. The first-order chi connectivity index (χ1) is 12.4. The largest absolute Gasteiger partial charge is 0.511 e. The molecule has 0 aromatic heterocycles. The highest BCUT2D eigenvalue weighted by atomic mass is 16.3. The number of Topliss-reactive ketones (excluding diaryl/α,β-unsaturated/α-hetero) is 1. The lowest BCUT2D eigenvalue weighted by Crippen LogP contribution is -2.32. The van der Waals surface area contributed by atoms with Gasteiger partial charge in [-0.2, -0.15) is 0 Å². The molecule has 1 aliphatic rings. The highest BCUT2D eigenvalue weighted by Gasteiger charge is 2.36. The second-order valence-corrected chi connectivity index (χ2v) is 7.92. The van der Waals surface area contributed by atoms with Gasteiger partial charge in [-0.25, -0.2) is 0 Å². The first kappa shape index (κ1) is 18.4. The molecule has 1 fully saturated rings. The Kier molecular flexibility index (Phi) is 5.26. The van der Waals surface area contributed by atoms with Crippen LogP contribution in [-0.2, 0) is 4.79 Å². The van der Waals surface area contributed by atoms with Gasteiger partial charge in [-0.1, -0.05) is 63.6 Å². The molecular formula is C23H27NO2. The number of rotatable bonds is 4. The minimum absolute atomic E-state index is 0.00818. The summed E-state index contributed by atoms with van der Waals surface area (Å²) in [6, 6.07) is 14.1. The van der Waals surface area contributed by atoms with Gasteiger partial charge in [0.15, 0.2) is 5.78 Å². The van der Waals surface area contributed by atoms with Gasteiger partial charge in [0.25, 0.3) is 0 Å².